The normalized spacial score (nSPS) is 48.2. The van der Waals surface area contributed by atoms with Gasteiger partial charge in [-0.1, -0.05) is 84.4 Å². The van der Waals surface area contributed by atoms with Crippen molar-refractivity contribution in [3.8, 4) is 0 Å². The number of hydrogen-bond donors (Lipinski definition) is 24. The van der Waals surface area contributed by atoms with Crippen LogP contribution in [0.4, 0.5) is 0 Å². The third-order valence-electron chi connectivity index (χ3n) is 35.0. The molecule has 0 aromatic rings. The lowest BCUT2D eigenvalue weighted by molar-refractivity contribution is -0.398. The van der Waals surface area contributed by atoms with Gasteiger partial charge in [0, 0.05) is 18.1 Å². The zero-order chi connectivity index (χ0) is 110. The Labute approximate surface area is 869 Å². The number of ether oxygens (including phenoxy) is 20. The highest BCUT2D eigenvalue weighted by Crippen LogP contribution is 2.76. The van der Waals surface area contributed by atoms with Crippen LogP contribution in [0.25, 0.3) is 0 Å². The Bertz CT molecular complexity index is 4660. The second kappa shape index (κ2) is 47.9. The molecule has 13 fully saturated rings. The molecule has 48 heteroatoms. The number of carbonyl (C=O) groups excluding carboxylic acids is 4. The van der Waals surface area contributed by atoms with Gasteiger partial charge in [0.2, 0.25) is 12.2 Å². The summed E-state index contributed by atoms with van der Waals surface area (Å²) in [6.07, 6.45) is -62.4. The molecule has 5 aliphatic carbocycles. The van der Waals surface area contributed by atoms with Crippen molar-refractivity contribution in [3.63, 3.8) is 0 Å². The molecule has 0 bridgehead atoms. The Hall–Kier alpha value is -5.02. The molecule has 14 aliphatic rings. The average Bonchev–Trinajstić information content (AvgIpc) is 0.667. The largest absolute Gasteiger partial charge is 0.459 e. The van der Waals surface area contributed by atoms with Gasteiger partial charge in [-0.2, -0.15) is 0 Å². The van der Waals surface area contributed by atoms with Crippen molar-refractivity contribution in [1.82, 2.24) is 5.32 Å². The molecule has 52 atom stereocenters. The van der Waals surface area contributed by atoms with E-state index in [4.69, 9.17) is 94.7 Å². The van der Waals surface area contributed by atoms with Gasteiger partial charge in [0.05, 0.1) is 75.3 Å². The minimum Gasteiger partial charge on any atom is -0.459 e. The van der Waals surface area contributed by atoms with Gasteiger partial charge < -0.3 is 218 Å². The maximum atomic E-state index is 16.7. The zero-order valence-corrected chi connectivity index (χ0v) is 87.1. The Kier molecular flexibility index (Phi) is 38.4. The van der Waals surface area contributed by atoms with Crippen LogP contribution in [0, 0.1) is 50.2 Å². The number of hydrogen-bond acceptors (Lipinski definition) is 47. The lowest BCUT2D eigenvalue weighted by Crippen LogP contribution is -2.69. The highest BCUT2D eigenvalue weighted by Gasteiger charge is 2.73. The fourth-order valence-corrected chi connectivity index (χ4v) is 25.3. The summed E-state index contributed by atoms with van der Waals surface area (Å²) >= 11 is 0. The van der Waals surface area contributed by atoms with E-state index in [0.717, 1.165) is 5.57 Å². The van der Waals surface area contributed by atoms with E-state index in [1.54, 1.807) is 13.8 Å². The van der Waals surface area contributed by atoms with Crippen LogP contribution in [0.15, 0.2) is 60.3 Å². The second-order valence-corrected chi connectivity index (χ2v) is 46.1. The second-order valence-electron chi connectivity index (χ2n) is 46.1. The van der Waals surface area contributed by atoms with E-state index in [1.807, 2.05) is 13.8 Å². The number of carbonyl (C=O) groups is 4. The lowest BCUT2D eigenvalue weighted by Gasteiger charge is -2.72. The van der Waals surface area contributed by atoms with Gasteiger partial charge in [0.15, 0.2) is 62.5 Å². The third-order valence-corrected chi connectivity index (χ3v) is 35.0. The molecule has 0 aromatic heterocycles. The van der Waals surface area contributed by atoms with Crippen LogP contribution in [-0.2, 0) is 114 Å². The summed E-state index contributed by atoms with van der Waals surface area (Å²) < 4.78 is 122. The molecule has 0 unspecified atom stereocenters. The summed E-state index contributed by atoms with van der Waals surface area (Å²) in [6, 6.07) is -1.35. The first-order valence-corrected chi connectivity index (χ1v) is 52.0. The van der Waals surface area contributed by atoms with Gasteiger partial charge in [-0.3, -0.25) is 9.59 Å². The summed E-state index contributed by atoms with van der Waals surface area (Å²) in [5.41, 5.74) is -6.76. The van der Waals surface area contributed by atoms with Crippen molar-refractivity contribution >= 4 is 23.8 Å². The molecular weight excluding hydrogens is 1990 g/mol. The summed E-state index contributed by atoms with van der Waals surface area (Å²) in [5, 5.41) is 263. The number of nitrogens with one attached hydrogen (secondary N) is 1. The van der Waals surface area contributed by atoms with Crippen molar-refractivity contribution < 1.29 is 231 Å². The van der Waals surface area contributed by atoms with E-state index < -0.39 is 384 Å². The monoisotopic (exact) mass is 2150 g/mol. The number of aliphatic hydroxyl groups is 23. The fraction of sp³-hybridized carbons (Fsp3) is 0.863. The Morgan fingerprint density at radius 3 is 1.60 bits per heavy atom. The van der Waals surface area contributed by atoms with E-state index in [1.165, 1.54) is 58.9 Å². The molecule has 0 spiro atoms. The predicted octanol–water partition coefficient (Wildman–Crippen LogP) is -4.76. The molecule has 14 rings (SSSR count). The van der Waals surface area contributed by atoms with Crippen LogP contribution in [0.3, 0.4) is 0 Å². The van der Waals surface area contributed by atoms with Crippen molar-refractivity contribution in [1.29, 1.82) is 0 Å². The molecule has 150 heavy (non-hydrogen) atoms. The first-order chi connectivity index (χ1) is 70.3. The first-order valence-electron chi connectivity index (χ1n) is 52.0. The number of amides is 1. The van der Waals surface area contributed by atoms with Crippen molar-refractivity contribution in [2.75, 3.05) is 46.2 Å². The number of esters is 3. The molecule has 856 valence electrons. The molecule has 9 aliphatic heterocycles. The minimum absolute atomic E-state index is 0.00641. The first kappa shape index (κ1) is 120. The smallest absolute Gasteiger partial charge is 0.333 e. The van der Waals surface area contributed by atoms with Crippen LogP contribution < -0.4 is 5.32 Å². The maximum absolute atomic E-state index is 16.7. The van der Waals surface area contributed by atoms with Crippen LogP contribution in [0.2, 0.25) is 0 Å². The van der Waals surface area contributed by atoms with E-state index >= 15 is 4.79 Å². The van der Waals surface area contributed by atoms with Crippen LogP contribution in [-0.4, -0.2) is 463 Å². The summed E-state index contributed by atoms with van der Waals surface area (Å²) in [5.74, 6) is -4.58. The van der Waals surface area contributed by atoms with Crippen molar-refractivity contribution in [2.24, 2.45) is 50.2 Å². The summed E-state index contributed by atoms with van der Waals surface area (Å²) in [6.45, 7) is 27.9. The highest BCUT2D eigenvalue weighted by atomic mass is 16.8. The van der Waals surface area contributed by atoms with Gasteiger partial charge in [0.1, 0.15) is 183 Å². The summed E-state index contributed by atoms with van der Waals surface area (Å²) in [7, 11) is 0. The maximum Gasteiger partial charge on any atom is 0.333 e. The zero-order valence-electron chi connectivity index (χ0n) is 87.1. The van der Waals surface area contributed by atoms with Gasteiger partial charge in [0.25, 0.3) is 0 Å². The summed E-state index contributed by atoms with van der Waals surface area (Å²) in [4.78, 5) is 57.6. The van der Waals surface area contributed by atoms with Crippen LogP contribution >= 0.6 is 0 Å². The quantitative estimate of drug-likeness (QED) is 0.00946. The molecule has 0 radical (unpaired) electrons. The topological polar surface area (TPSA) is 730 Å². The molecule has 48 nitrogen and oxygen atoms in total. The van der Waals surface area contributed by atoms with Gasteiger partial charge in [-0.05, 0) is 170 Å². The van der Waals surface area contributed by atoms with E-state index in [2.05, 4.69) is 59.2 Å². The van der Waals surface area contributed by atoms with Gasteiger partial charge >= 0.3 is 17.9 Å². The van der Waals surface area contributed by atoms with Gasteiger partial charge in [-0.25, -0.2) is 9.59 Å². The molecule has 9 heterocycles. The lowest BCUT2D eigenvalue weighted by atomic mass is 9.33. The molecule has 4 saturated carbocycles. The SMILES string of the molecule is C=C[C@@](C)(O)CC/C=C(\C)C(=O)O[C@H]1[C@H](O[C@](C)(C=C)CC/C=C(\C)C(=O)OC[C@H]2O[C@@H](OC(=O)[C@]34CCC(C)(C)C[C@H]3C3=CC[C@@H]5[C@@]6(C)CC[C@H](O[C@@H]7O[C@H](CO[C@@H]8OC[C@H](O)[C@H](O)[C@H]8O[C@@H]8OC[C@H](O)[C@H](O)[C@H]8O)[C@@H](O)[C@H](O)[C@H]7NC(C)=O)C(C)(C)[C@@H]6CC[C@@]5(C)[C@]3(C)C[C@H]4O)[C@H](O[C@@H]3O[C@@H](C)[C@H](O[C@@H]4OC[C@@H](O)[C@H](O[C@@H]5OC[C@@H](O)[C@H](O)[C@H]5O)[C@H]4O)[C@@H](O[C@@H]4O[C@H](CO)[C@@H](O)[C@H](O)[C@H]4O)[C@H]3O)[C@@H](O)[C@@H]2O)O[C@H](C)[C@@H](O)[C@@H]1O. The molecule has 1 amide bonds. The molecule has 24 N–H and O–H groups in total. The molecular formula is C102H161NO47. The van der Waals surface area contributed by atoms with E-state index in [-0.39, 0.29) is 61.5 Å². The number of allylic oxidation sites excluding steroid dienone is 4. The van der Waals surface area contributed by atoms with Crippen LogP contribution in [0.5, 0.6) is 0 Å². The molecule has 9 saturated heterocycles. The van der Waals surface area contributed by atoms with E-state index in [0.29, 0.717) is 44.9 Å². The Morgan fingerprint density at radius 2 is 0.973 bits per heavy atom. The average molecular weight is 2150 g/mol. The Balaban J connectivity index is 0.728. The molecule has 0 aromatic carbocycles. The van der Waals surface area contributed by atoms with Gasteiger partial charge in [-0.15, -0.1) is 13.2 Å². The van der Waals surface area contributed by atoms with E-state index in [9.17, 15) is 132 Å². The van der Waals surface area contributed by atoms with Crippen molar-refractivity contribution in [2.45, 2.75) is 456 Å². The highest BCUT2D eigenvalue weighted by molar-refractivity contribution is 5.88. The Morgan fingerprint density at radius 1 is 0.460 bits per heavy atom. The number of rotatable bonds is 34. The number of fused-ring (bicyclic) bond motifs is 7. The minimum atomic E-state index is -2.35. The number of aliphatic hydroxyl groups excluding tert-OH is 22. The fourth-order valence-electron chi connectivity index (χ4n) is 25.3. The third kappa shape index (κ3) is 24.2. The van der Waals surface area contributed by atoms with Crippen LogP contribution in [0.1, 0.15) is 180 Å². The predicted molar refractivity (Wildman–Crippen MR) is 507 cm³/mol. The van der Waals surface area contributed by atoms with Crippen molar-refractivity contribution in [3.05, 3.63) is 60.3 Å². The standard InChI is InChI=1S/C102H161NO47/c1-17-97(12,130)27-19-21-43(4)84(128)143-82-70(120)61(111)44(5)137-93(82)150-98(13,18-2)28-20-22-42(3)83(127)131-40-54-67(117)71(121)81(148-90-76(126)79(146-89-74(124)69(119)65(115)53(35-104)139-89)77(45(6)138-90)144-88-75(125)78(52(109)39-134-88)145-86-72(122)62(112)49(106)36-132-86)92(141-54)149-94(129)102-32-31-95(8,9)33-48(102)47-23-24-57-99(14)29-26-59(96(10,11)56(99)25-30-100(57,15)101(47,16)34-58(102)110)142-85-60(103-46(7)105)68(118)66(116)55(140-85)41-136-91-80(64(114)51(108)38-135-91)147-87-73(123)63(113)50(107)37-133-87/h17-18,21-23,44-45,48-82,85-93,104,106-126,130H,1-2,19-20,24-41H2,3-16H3,(H,103,105)/b42-22+,43-21+/t44-,45+,48+,49-,50+,51+,52-,53-,54-,55-,56+,57-,58-,59+,60-,61-,62+,63+,64+,65-,66-,67-,68-,69+,70+,71+,72-,73-,74-,75-,76-,77+,78+,79+,80-,81-,82-,85+,86+,87+,88+,89+,90+,91+,92+,93+,97-,98-,99+,100-,101-,102-/m1/s1.